The third-order valence-electron chi connectivity index (χ3n) is 4.66. The number of benzene rings is 1. The van der Waals surface area contributed by atoms with Crippen LogP contribution in [0.4, 0.5) is 0 Å². The number of carbonyl (C=O) groups excluding carboxylic acids is 2. The largest absolute Gasteiger partial charge is 0.388 e. The van der Waals surface area contributed by atoms with E-state index in [-0.39, 0.29) is 24.3 Å². The van der Waals surface area contributed by atoms with Crippen LogP contribution >= 0.6 is 0 Å². The van der Waals surface area contributed by atoms with Crippen LogP contribution in [0.1, 0.15) is 34.8 Å². The monoisotopic (exact) mass is 304 g/mol. The van der Waals surface area contributed by atoms with Gasteiger partial charge in [0.2, 0.25) is 5.91 Å². The summed E-state index contributed by atoms with van der Waals surface area (Å²) in [4.78, 5) is 29.7. The van der Waals surface area contributed by atoms with Crippen molar-refractivity contribution < 1.29 is 24.6 Å². The van der Waals surface area contributed by atoms with Crippen LogP contribution in [0.3, 0.4) is 0 Å². The van der Waals surface area contributed by atoms with E-state index in [4.69, 9.17) is 4.84 Å². The highest BCUT2D eigenvalue weighted by molar-refractivity contribution is 5.99. The molecule has 1 saturated carbocycles. The first-order chi connectivity index (χ1) is 10.6. The van der Waals surface area contributed by atoms with E-state index in [0.29, 0.717) is 12.0 Å². The third-order valence-corrected chi connectivity index (χ3v) is 4.66. The van der Waals surface area contributed by atoms with Gasteiger partial charge in [0.1, 0.15) is 18.3 Å². The Balaban J connectivity index is 1.49. The van der Waals surface area contributed by atoms with Crippen LogP contribution in [0.25, 0.3) is 0 Å². The Morgan fingerprint density at radius 1 is 1.32 bits per heavy atom. The molecule has 116 valence electrons. The quantitative estimate of drug-likeness (QED) is 0.684. The van der Waals surface area contributed by atoms with Gasteiger partial charge in [-0.2, -0.15) is 0 Å². The number of nitrogens with one attached hydrogen (secondary N) is 1. The number of hydrogen-bond acceptors (Lipinski definition) is 5. The van der Waals surface area contributed by atoms with E-state index in [1.807, 2.05) is 12.1 Å². The standard InChI is InChI=1S/C15H16N2O5/c18-12(17-10-6-11(22-17)14(20)13(10)19)5-9-7-3-1-2-4-8(7)15(21)16-9/h1-4,9-11,13-14,19-20H,5-6H2,(H,16,21)/t9?,10-,11+,13+,14-/m0/s1. The lowest BCUT2D eigenvalue weighted by atomic mass is 10.0. The molecular formula is C15H16N2O5. The molecule has 7 heteroatoms. The summed E-state index contributed by atoms with van der Waals surface area (Å²) in [5, 5.41) is 23.5. The van der Waals surface area contributed by atoms with E-state index in [1.165, 1.54) is 0 Å². The summed E-state index contributed by atoms with van der Waals surface area (Å²) in [7, 11) is 0. The number of aliphatic hydroxyl groups excluding tert-OH is 2. The van der Waals surface area contributed by atoms with E-state index in [1.54, 1.807) is 12.1 Å². The van der Waals surface area contributed by atoms with Gasteiger partial charge < -0.3 is 15.5 Å². The van der Waals surface area contributed by atoms with Crippen LogP contribution < -0.4 is 5.32 Å². The highest BCUT2D eigenvalue weighted by atomic mass is 16.7. The van der Waals surface area contributed by atoms with Gasteiger partial charge in [0.15, 0.2) is 0 Å². The van der Waals surface area contributed by atoms with Gasteiger partial charge in [0.05, 0.1) is 18.5 Å². The minimum atomic E-state index is -0.979. The first-order valence-electron chi connectivity index (χ1n) is 7.31. The number of rotatable bonds is 2. The SMILES string of the molecule is O=C1NC(CC(=O)N2O[C@@H]3C[C@H]2[C@@H](O)[C@H]3O)c2ccccc21. The number of carbonyl (C=O) groups is 2. The van der Waals surface area contributed by atoms with Crippen LogP contribution in [0.2, 0.25) is 0 Å². The van der Waals surface area contributed by atoms with Crippen molar-refractivity contribution in [2.45, 2.75) is 43.2 Å². The highest BCUT2D eigenvalue weighted by Crippen LogP contribution is 2.37. The van der Waals surface area contributed by atoms with Crippen molar-refractivity contribution in [2.75, 3.05) is 0 Å². The Kier molecular flexibility index (Phi) is 2.97. The van der Waals surface area contributed by atoms with Gasteiger partial charge in [-0.05, 0) is 11.6 Å². The molecular weight excluding hydrogens is 288 g/mol. The molecule has 1 aromatic carbocycles. The summed E-state index contributed by atoms with van der Waals surface area (Å²) in [5.41, 5.74) is 1.38. The molecule has 22 heavy (non-hydrogen) atoms. The van der Waals surface area contributed by atoms with Crippen LogP contribution in [-0.4, -0.2) is 51.4 Å². The van der Waals surface area contributed by atoms with E-state index >= 15 is 0 Å². The molecule has 5 atom stereocenters. The molecule has 2 fully saturated rings. The number of aliphatic hydroxyl groups is 2. The molecule has 4 rings (SSSR count). The predicted octanol–water partition coefficient (Wildman–Crippen LogP) is -0.502. The average molecular weight is 304 g/mol. The van der Waals surface area contributed by atoms with E-state index in [9.17, 15) is 19.8 Å². The van der Waals surface area contributed by atoms with Gasteiger partial charge in [-0.1, -0.05) is 18.2 Å². The molecule has 0 spiro atoms. The summed E-state index contributed by atoms with van der Waals surface area (Å²) in [6.45, 7) is 0. The molecule has 0 radical (unpaired) electrons. The highest BCUT2D eigenvalue weighted by Gasteiger charge is 2.54. The summed E-state index contributed by atoms with van der Waals surface area (Å²) in [6.07, 6.45) is -1.96. The zero-order chi connectivity index (χ0) is 15.4. The lowest BCUT2D eigenvalue weighted by Gasteiger charge is -2.32. The minimum Gasteiger partial charge on any atom is -0.388 e. The molecule has 2 amide bonds. The molecule has 7 nitrogen and oxygen atoms in total. The molecule has 0 aromatic heterocycles. The van der Waals surface area contributed by atoms with Gasteiger partial charge in [-0.25, -0.2) is 5.06 Å². The van der Waals surface area contributed by atoms with Crippen LogP contribution in [0, 0.1) is 0 Å². The molecule has 1 aromatic rings. The number of fused-ring (bicyclic) bond motifs is 3. The Morgan fingerprint density at radius 3 is 2.82 bits per heavy atom. The fraction of sp³-hybridized carbons (Fsp3) is 0.467. The second-order valence-electron chi connectivity index (χ2n) is 5.97. The zero-order valence-corrected chi connectivity index (χ0v) is 11.7. The van der Waals surface area contributed by atoms with Crippen molar-refractivity contribution in [3.05, 3.63) is 35.4 Å². The van der Waals surface area contributed by atoms with Gasteiger partial charge >= 0.3 is 0 Å². The van der Waals surface area contributed by atoms with Gasteiger partial charge in [-0.3, -0.25) is 14.4 Å². The average Bonchev–Trinajstić information content (AvgIpc) is 3.16. The Morgan fingerprint density at radius 2 is 2.09 bits per heavy atom. The fourth-order valence-electron chi connectivity index (χ4n) is 3.52. The second kappa shape index (κ2) is 4.77. The Bertz CT molecular complexity index is 647. The van der Waals surface area contributed by atoms with Crippen molar-refractivity contribution in [3.63, 3.8) is 0 Å². The first-order valence-corrected chi connectivity index (χ1v) is 7.31. The molecule has 1 aliphatic carbocycles. The molecule has 1 unspecified atom stereocenters. The third kappa shape index (κ3) is 1.86. The van der Waals surface area contributed by atoms with Gasteiger partial charge in [-0.15, -0.1) is 0 Å². The normalized spacial score (nSPS) is 35.6. The van der Waals surface area contributed by atoms with E-state index in [0.717, 1.165) is 10.6 Å². The molecule has 2 aliphatic heterocycles. The van der Waals surface area contributed by atoms with Crippen LogP contribution in [0.15, 0.2) is 24.3 Å². The number of hydrogen-bond donors (Lipinski definition) is 3. The summed E-state index contributed by atoms with van der Waals surface area (Å²) in [6, 6.07) is 6.25. The topological polar surface area (TPSA) is 99.1 Å². The molecule has 2 heterocycles. The van der Waals surface area contributed by atoms with Crippen LogP contribution in [0.5, 0.6) is 0 Å². The van der Waals surface area contributed by atoms with Gasteiger partial charge in [0.25, 0.3) is 5.91 Å². The lowest BCUT2D eigenvalue weighted by molar-refractivity contribution is -0.239. The Labute approximate surface area is 126 Å². The number of hydroxylamine groups is 2. The molecule has 2 bridgehead atoms. The number of amides is 2. The first kappa shape index (κ1) is 13.7. The fourth-order valence-corrected chi connectivity index (χ4v) is 3.52. The maximum atomic E-state index is 12.4. The maximum absolute atomic E-state index is 12.4. The predicted molar refractivity (Wildman–Crippen MR) is 73.4 cm³/mol. The molecule has 1 saturated heterocycles. The summed E-state index contributed by atoms with van der Waals surface area (Å²) < 4.78 is 0. The molecule has 3 aliphatic rings. The van der Waals surface area contributed by atoms with Crippen molar-refractivity contribution in [1.29, 1.82) is 0 Å². The Hall–Kier alpha value is -1.96. The lowest BCUT2D eigenvalue weighted by Crippen LogP contribution is -2.51. The van der Waals surface area contributed by atoms with Crippen LogP contribution in [-0.2, 0) is 9.63 Å². The van der Waals surface area contributed by atoms with Crippen molar-refractivity contribution >= 4 is 11.8 Å². The summed E-state index contributed by atoms with van der Waals surface area (Å²) >= 11 is 0. The minimum absolute atomic E-state index is 0.0643. The van der Waals surface area contributed by atoms with E-state index < -0.39 is 24.4 Å². The molecule has 3 N–H and O–H groups in total. The van der Waals surface area contributed by atoms with E-state index in [2.05, 4.69) is 5.32 Å². The summed E-state index contributed by atoms with van der Waals surface area (Å²) in [5.74, 6) is -0.492. The smallest absolute Gasteiger partial charge is 0.252 e. The number of nitrogens with zero attached hydrogens (tertiary/aromatic N) is 1. The van der Waals surface area contributed by atoms with Crippen molar-refractivity contribution in [3.8, 4) is 0 Å². The zero-order valence-electron chi connectivity index (χ0n) is 11.7. The van der Waals surface area contributed by atoms with Gasteiger partial charge in [0, 0.05) is 12.0 Å². The van der Waals surface area contributed by atoms with Crippen molar-refractivity contribution in [1.82, 2.24) is 10.4 Å². The second-order valence-corrected chi connectivity index (χ2v) is 5.97. The maximum Gasteiger partial charge on any atom is 0.252 e. The van der Waals surface area contributed by atoms with Crippen molar-refractivity contribution in [2.24, 2.45) is 0 Å².